The molecule has 0 saturated carbocycles. The zero-order chi connectivity index (χ0) is 16.8. The topological polar surface area (TPSA) is 52.8 Å². The second-order valence-electron chi connectivity index (χ2n) is 6.83. The lowest BCUT2D eigenvalue weighted by molar-refractivity contribution is -0.107. The largest absolute Gasteiger partial charge is 0.387 e. The van der Waals surface area contributed by atoms with Crippen LogP contribution in [-0.4, -0.2) is 42.0 Å². The van der Waals surface area contributed by atoms with Gasteiger partial charge in [0.25, 0.3) is 0 Å². The van der Waals surface area contributed by atoms with Crippen molar-refractivity contribution in [1.82, 2.24) is 0 Å². The molecule has 0 unspecified atom stereocenters. The maximum absolute atomic E-state index is 9.10. The smallest absolute Gasteiger partial charge is 0.113 e. The Morgan fingerprint density at radius 2 is 1.35 bits per heavy atom. The van der Waals surface area contributed by atoms with Crippen molar-refractivity contribution in [3.05, 3.63) is 24.2 Å². The molecule has 3 nitrogen and oxygen atoms in total. The Kier molecular flexibility index (Phi) is 8.35. The van der Waals surface area contributed by atoms with Crippen LogP contribution in [0, 0.1) is 5.41 Å². The van der Waals surface area contributed by atoms with Gasteiger partial charge >= 0.3 is 0 Å². The number of rotatable bonds is 3. The molecule has 2 radical (unpaired) electrons. The zero-order valence-electron chi connectivity index (χ0n) is 14.3. The van der Waals surface area contributed by atoms with Crippen LogP contribution in [0.15, 0.2) is 29.2 Å². The maximum atomic E-state index is 9.10. The third-order valence-corrected chi connectivity index (χ3v) is 3.05. The number of aliphatic hydroxyl groups is 2. The minimum atomic E-state index is -1.01. The van der Waals surface area contributed by atoms with Crippen molar-refractivity contribution in [2.75, 3.05) is 7.05 Å². The van der Waals surface area contributed by atoms with Gasteiger partial charge in [0.2, 0.25) is 0 Å². The summed E-state index contributed by atoms with van der Waals surface area (Å²) in [6.45, 7) is 16.2. The summed E-state index contributed by atoms with van der Waals surface area (Å²) in [6, 6.07) is 0. The summed E-state index contributed by atoms with van der Waals surface area (Å²) in [6.07, 6.45) is 3.48. The van der Waals surface area contributed by atoms with Gasteiger partial charge in [-0.2, -0.15) is 0 Å². The SMILES string of the molecule is CC(C)(O)C(C)(C)O.[B]/C(C=C)=C/C(=NC)C(C)(C)C. The molecule has 0 aromatic carbocycles. The summed E-state index contributed by atoms with van der Waals surface area (Å²) < 4.78 is 0. The first kappa shape index (κ1) is 21.4. The number of hydrogen-bond donors (Lipinski definition) is 2. The molecule has 0 atom stereocenters. The van der Waals surface area contributed by atoms with E-state index >= 15 is 0 Å². The van der Waals surface area contributed by atoms with Gasteiger partial charge in [-0.3, -0.25) is 4.99 Å². The van der Waals surface area contributed by atoms with E-state index in [2.05, 4.69) is 32.3 Å². The number of hydrogen-bond acceptors (Lipinski definition) is 3. The molecular formula is C16H30BNO2. The van der Waals surface area contributed by atoms with Crippen LogP contribution in [0.2, 0.25) is 0 Å². The highest BCUT2D eigenvalue weighted by molar-refractivity contribution is 6.26. The number of aliphatic imine (C=N–C) groups is 1. The minimum absolute atomic E-state index is 0.0440. The van der Waals surface area contributed by atoms with E-state index in [0.717, 1.165) is 5.71 Å². The van der Waals surface area contributed by atoms with Gasteiger partial charge < -0.3 is 10.2 Å². The molecule has 0 heterocycles. The van der Waals surface area contributed by atoms with Crippen molar-refractivity contribution in [3.8, 4) is 0 Å². The maximum Gasteiger partial charge on any atom is 0.113 e. The van der Waals surface area contributed by atoms with E-state index in [1.54, 1.807) is 40.8 Å². The Hall–Kier alpha value is -0.865. The Labute approximate surface area is 125 Å². The third-order valence-electron chi connectivity index (χ3n) is 3.05. The van der Waals surface area contributed by atoms with Crippen LogP contribution in [-0.2, 0) is 0 Å². The predicted molar refractivity (Wildman–Crippen MR) is 89.4 cm³/mol. The van der Waals surface area contributed by atoms with E-state index < -0.39 is 11.2 Å². The van der Waals surface area contributed by atoms with Gasteiger partial charge in [0, 0.05) is 18.2 Å². The predicted octanol–water partition coefficient (Wildman–Crippen LogP) is 2.87. The second-order valence-corrected chi connectivity index (χ2v) is 6.83. The molecule has 0 saturated heterocycles. The molecule has 0 fully saturated rings. The van der Waals surface area contributed by atoms with Crippen LogP contribution in [0.3, 0.4) is 0 Å². The van der Waals surface area contributed by atoms with Gasteiger partial charge in [0.15, 0.2) is 0 Å². The fourth-order valence-corrected chi connectivity index (χ4v) is 0.833. The summed E-state index contributed by atoms with van der Waals surface area (Å²) >= 11 is 0. The highest BCUT2D eigenvalue weighted by Crippen LogP contribution is 2.19. The van der Waals surface area contributed by atoms with Crippen LogP contribution in [0.5, 0.6) is 0 Å². The Bertz CT molecular complexity index is 351. The van der Waals surface area contributed by atoms with Crippen molar-refractivity contribution >= 4 is 13.6 Å². The van der Waals surface area contributed by atoms with Crippen LogP contribution >= 0.6 is 0 Å². The molecule has 20 heavy (non-hydrogen) atoms. The summed E-state index contributed by atoms with van der Waals surface area (Å²) in [5.41, 5.74) is -0.326. The molecule has 0 aliphatic rings. The molecule has 4 heteroatoms. The Balaban J connectivity index is 0. The van der Waals surface area contributed by atoms with Crippen molar-refractivity contribution in [1.29, 1.82) is 0 Å². The highest BCUT2D eigenvalue weighted by Gasteiger charge is 2.31. The van der Waals surface area contributed by atoms with E-state index in [-0.39, 0.29) is 5.41 Å². The van der Waals surface area contributed by atoms with Crippen molar-refractivity contribution in [2.24, 2.45) is 10.4 Å². The van der Waals surface area contributed by atoms with Crippen molar-refractivity contribution in [3.63, 3.8) is 0 Å². The number of allylic oxidation sites excluding steroid dienone is 3. The Morgan fingerprint density at radius 1 is 1.00 bits per heavy atom. The van der Waals surface area contributed by atoms with Crippen LogP contribution in [0.1, 0.15) is 48.5 Å². The molecule has 114 valence electrons. The second kappa shape index (κ2) is 7.80. The molecular weight excluding hydrogens is 249 g/mol. The number of nitrogens with zero attached hydrogens (tertiary/aromatic N) is 1. The first-order valence-electron chi connectivity index (χ1n) is 6.68. The first-order chi connectivity index (χ1) is 8.66. The molecule has 0 aromatic rings. The molecule has 0 rings (SSSR count). The van der Waals surface area contributed by atoms with Crippen LogP contribution in [0.25, 0.3) is 0 Å². The first-order valence-corrected chi connectivity index (χ1v) is 6.68. The van der Waals surface area contributed by atoms with E-state index in [1.807, 2.05) is 6.08 Å². The van der Waals surface area contributed by atoms with E-state index in [0.29, 0.717) is 5.47 Å². The third kappa shape index (κ3) is 9.10. The van der Waals surface area contributed by atoms with Crippen molar-refractivity contribution in [2.45, 2.75) is 59.7 Å². The summed E-state index contributed by atoms with van der Waals surface area (Å²) in [5, 5.41) is 18.2. The van der Waals surface area contributed by atoms with Gasteiger partial charge in [-0.15, -0.1) is 0 Å². The van der Waals surface area contributed by atoms with Gasteiger partial charge in [-0.25, -0.2) is 0 Å². The normalized spacial score (nSPS) is 14.5. The molecule has 0 aromatic heterocycles. The van der Waals surface area contributed by atoms with Gasteiger partial charge in [-0.1, -0.05) is 38.9 Å². The lowest BCUT2D eigenvalue weighted by Crippen LogP contribution is -2.44. The van der Waals surface area contributed by atoms with Gasteiger partial charge in [0.1, 0.15) is 7.85 Å². The molecule has 2 N–H and O–H groups in total. The molecule has 0 aliphatic heterocycles. The Morgan fingerprint density at radius 3 is 1.50 bits per heavy atom. The fraction of sp³-hybridized carbons (Fsp3) is 0.688. The standard InChI is InChI=1S/C10H16BN.C6H14O2/c1-6-8(11)7-9(12-5)10(2,3)4;1-5(2,7)6(3,4)8/h6-7H,1H2,2-5H3;7-8H,1-4H3/b8-7+,12-9?;. The molecule has 0 amide bonds. The lowest BCUT2D eigenvalue weighted by atomic mass is 9.85. The van der Waals surface area contributed by atoms with E-state index in [9.17, 15) is 0 Å². The molecule has 0 spiro atoms. The summed E-state index contributed by atoms with van der Waals surface area (Å²) in [4.78, 5) is 4.16. The average molecular weight is 279 g/mol. The average Bonchev–Trinajstić information content (AvgIpc) is 2.21. The summed E-state index contributed by atoms with van der Waals surface area (Å²) in [7, 11) is 7.38. The van der Waals surface area contributed by atoms with E-state index in [4.69, 9.17) is 18.1 Å². The van der Waals surface area contributed by atoms with E-state index in [1.165, 1.54) is 0 Å². The highest BCUT2D eigenvalue weighted by atomic mass is 16.3. The monoisotopic (exact) mass is 279 g/mol. The van der Waals surface area contributed by atoms with Crippen LogP contribution in [0.4, 0.5) is 0 Å². The van der Waals surface area contributed by atoms with Gasteiger partial charge in [-0.05, 0) is 33.8 Å². The lowest BCUT2D eigenvalue weighted by Gasteiger charge is -2.31. The zero-order valence-corrected chi connectivity index (χ0v) is 14.3. The molecule has 0 aliphatic carbocycles. The fourth-order valence-electron chi connectivity index (χ4n) is 0.833. The van der Waals surface area contributed by atoms with Crippen LogP contribution < -0.4 is 0 Å². The van der Waals surface area contributed by atoms with Gasteiger partial charge in [0.05, 0.1) is 11.2 Å². The molecule has 0 bridgehead atoms. The quantitative estimate of drug-likeness (QED) is 0.474. The minimum Gasteiger partial charge on any atom is -0.387 e. The summed E-state index contributed by atoms with van der Waals surface area (Å²) in [5.74, 6) is 0. The van der Waals surface area contributed by atoms with Crippen molar-refractivity contribution < 1.29 is 10.2 Å².